The number of hydrogen-bond donors (Lipinski definition) is 0. The molecule has 0 N–H and O–H groups in total. The number of esters is 2. The summed E-state index contributed by atoms with van der Waals surface area (Å²) in [6.07, 6.45) is 3.15. The Kier molecular flexibility index (Phi) is 8.76. The highest BCUT2D eigenvalue weighted by atomic mass is 32.2. The van der Waals surface area contributed by atoms with Crippen LogP contribution in [0.3, 0.4) is 0 Å². The third-order valence-corrected chi connectivity index (χ3v) is 7.90. The fraction of sp³-hybridized carbons (Fsp3) is 0.448. The van der Waals surface area contributed by atoms with Gasteiger partial charge in [0.1, 0.15) is 6.61 Å². The normalized spacial score (nSPS) is 20.9. The van der Waals surface area contributed by atoms with E-state index in [1.54, 1.807) is 11.8 Å². The molecule has 1 aromatic rings. The number of hydrogen-bond acceptors (Lipinski definition) is 8. The highest BCUT2D eigenvalue weighted by molar-refractivity contribution is 8.16. The molecular formula is C29H35N3O5S. The van der Waals surface area contributed by atoms with Crippen LogP contribution in [0.25, 0.3) is 0 Å². The largest absolute Gasteiger partial charge is 0.466 e. The number of rotatable bonds is 8. The maximum absolute atomic E-state index is 13.5. The number of thioether (sulfide) groups is 1. The summed E-state index contributed by atoms with van der Waals surface area (Å²) >= 11 is 1.45. The van der Waals surface area contributed by atoms with Gasteiger partial charge in [-0.25, -0.2) is 9.79 Å². The molecule has 0 unspecified atom stereocenters. The van der Waals surface area contributed by atoms with Gasteiger partial charge in [0.25, 0.3) is 0 Å². The van der Waals surface area contributed by atoms with Gasteiger partial charge in [0.05, 0.1) is 36.3 Å². The van der Waals surface area contributed by atoms with E-state index in [2.05, 4.69) is 12.6 Å². The monoisotopic (exact) mass is 537 g/mol. The second kappa shape index (κ2) is 12.0. The predicted octanol–water partition coefficient (Wildman–Crippen LogP) is 4.80. The number of aliphatic imine (C=N–C) groups is 1. The number of fused-ring (bicyclic) bond motifs is 1. The lowest BCUT2D eigenvalue weighted by Gasteiger charge is -2.38. The Morgan fingerprint density at radius 2 is 2.00 bits per heavy atom. The Labute approximate surface area is 228 Å². The molecule has 8 nitrogen and oxygen atoms in total. The minimum Gasteiger partial charge on any atom is -0.466 e. The van der Waals surface area contributed by atoms with Crippen molar-refractivity contribution in [1.82, 2.24) is 9.80 Å². The first kappa shape index (κ1) is 27.7. The summed E-state index contributed by atoms with van der Waals surface area (Å²) in [5.41, 5.74) is 4.87. The number of piperidine rings is 1. The second-order valence-corrected chi connectivity index (χ2v) is 10.6. The molecule has 3 heterocycles. The molecule has 0 aliphatic carbocycles. The Morgan fingerprint density at radius 1 is 1.21 bits per heavy atom. The fourth-order valence-electron chi connectivity index (χ4n) is 5.11. The molecule has 1 amide bonds. The molecule has 2 atom stereocenters. The lowest BCUT2D eigenvalue weighted by Crippen LogP contribution is -2.44. The smallest absolute Gasteiger partial charge is 0.338 e. The zero-order valence-electron chi connectivity index (χ0n) is 22.5. The molecule has 0 spiro atoms. The number of likely N-dealkylation sites (tertiary alicyclic amines) is 1. The molecule has 1 fully saturated rings. The zero-order valence-corrected chi connectivity index (χ0v) is 23.3. The van der Waals surface area contributed by atoms with Crippen molar-refractivity contribution in [3.63, 3.8) is 0 Å². The van der Waals surface area contributed by atoms with E-state index in [0.29, 0.717) is 31.0 Å². The molecule has 0 saturated carbocycles. The number of amides is 1. The third kappa shape index (κ3) is 5.72. The van der Waals surface area contributed by atoms with E-state index in [0.717, 1.165) is 40.4 Å². The van der Waals surface area contributed by atoms with Gasteiger partial charge in [-0.15, -0.1) is 0 Å². The molecule has 0 radical (unpaired) electrons. The first-order chi connectivity index (χ1) is 18.2. The molecule has 1 saturated heterocycles. The van der Waals surface area contributed by atoms with Crippen LogP contribution in [0.1, 0.15) is 55.8 Å². The van der Waals surface area contributed by atoms with Crippen LogP contribution in [-0.4, -0.2) is 59.1 Å². The van der Waals surface area contributed by atoms with E-state index in [-0.39, 0.29) is 30.8 Å². The van der Waals surface area contributed by atoms with Crippen LogP contribution < -0.4 is 0 Å². The summed E-state index contributed by atoms with van der Waals surface area (Å²) in [6.45, 7) is 12.7. The quantitative estimate of drug-likeness (QED) is 0.348. The minimum atomic E-state index is -0.484. The van der Waals surface area contributed by atoms with Crippen molar-refractivity contribution < 1.29 is 23.9 Å². The summed E-state index contributed by atoms with van der Waals surface area (Å²) in [7, 11) is 0. The van der Waals surface area contributed by atoms with E-state index in [9.17, 15) is 14.4 Å². The number of allylic oxidation sites excluding steroid dienone is 1. The number of nitrogens with zero attached hydrogens (tertiary/aromatic N) is 3. The number of ether oxygens (including phenoxy) is 2. The van der Waals surface area contributed by atoms with Gasteiger partial charge in [-0.05, 0) is 57.1 Å². The van der Waals surface area contributed by atoms with Gasteiger partial charge in [0, 0.05) is 18.8 Å². The van der Waals surface area contributed by atoms with E-state index in [4.69, 9.17) is 14.5 Å². The average Bonchev–Trinajstić information content (AvgIpc) is 3.29. The van der Waals surface area contributed by atoms with Crippen LogP contribution >= 0.6 is 11.8 Å². The Morgan fingerprint density at radius 3 is 2.74 bits per heavy atom. The number of benzene rings is 1. The molecule has 0 bridgehead atoms. The van der Waals surface area contributed by atoms with Gasteiger partial charge in [-0.2, -0.15) is 0 Å². The van der Waals surface area contributed by atoms with Gasteiger partial charge in [0.15, 0.2) is 5.17 Å². The Balaban J connectivity index is 1.64. The number of aryl methyl sites for hydroxylation is 2. The van der Waals surface area contributed by atoms with Crippen LogP contribution in [0.2, 0.25) is 0 Å². The number of carbonyl (C=O) groups is 3. The van der Waals surface area contributed by atoms with Crippen LogP contribution in [0.15, 0.2) is 58.2 Å². The highest BCUT2D eigenvalue weighted by Gasteiger charge is 2.42. The maximum Gasteiger partial charge on any atom is 0.338 e. The molecule has 3 aliphatic rings. The lowest BCUT2D eigenvalue weighted by molar-refractivity contribution is -0.151. The Hall–Kier alpha value is -3.33. The zero-order chi connectivity index (χ0) is 27.4. The average molecular weight is 538 g/mol. The Bertz CT molecular complexity index is 1230. The molecule has 202 valence electrons. The van der Waals surface area contributed by atoms with Gasteiger partial charge in [-0.1, -0.05) is 48.2 Å². The van der Waals surface area contributed by atoms with Crippen LogP contribution in [0.5, 0.6) is 0 Å². The highest BCUT2D eigenvalue weighted by Crippen LogP contribution is 2.46. The molecular weight excluding hydrogens is 502 g/mol. The van der Waals surface area contributed by atoms with Crippen molar-refractivity contribution in [3.05, 3.63) is 69.9 Å². The number of carbonyl (C=O) groups excluding carboxylic acids is 3. The van der Waals surface area contributed by atoms with Gasteiger partial charge in [-0.3, -0.25) is 9.59 Å². The predicted molar refractivity (Wildman–Crippen MR) is 148 cm³/mol. The topological polar surface area (TPSA) is 88.5 Å². The molecule has 9 heteroatoms. The van der Waals surface area contributed by atoms with Crippen molar-refractivity contribution >= 4 is 34.8 Å². The summed E-state index contributed by atoms with van der Waals surface area (Å²) in [5.74, 6) is -1.06. The van der Waals surface area contributed by atoms with Gasteiger partial charge < -0.3 is 19.3 Å². The number of amidine groups is 1. The maximum atomic E-state index is 13.5. The van der Waals surface area contributed by atoms with E-state index in [1.807, 2.05) is 43.2 Å². The van der Waals surface area contributed by atoms with Gasteiger partial charge in [0.2, 0.25) is 5.91 Å². The van der Waals surface area contributed by atoms with Crippen LogP contribution in [0, 0.1) is 19.8 Å². The van der Waals surface area contributed by atoms with Crippen molar-refractivity contribution in [1.29, 1.82) is 0 Å². The lowest BCUT2D eigenvalue weighted by atomic mass is 9.90. The summed E-state index contributed by atoms with van der Waals surface area (Å²) in [4.78, 5) is 47.6. The first-order valence-electron chi connectivity index (χ1n) is 13.0. The van der Waals surface area contributed by atoms with Crippen LogP contribution in [-0.2, 0) is 23.9 Å². The second-order valence-electron chi connectivity index (χ2n) is 9.75. The van der Waals surface area contributed by atoms with E-state index in [1.165, 1.54) is 17.8 Å². The summed E-state index contributed by atoms with van der Waals surface area (Å²) < 4.78 is 10.7. The summed E-state index contributed by atoms with van der Waals surface area (Å²) in [6, 6.07) is 5.67. The van der Waals surface area contributed by atoms with E-state index < -0.39 is 12.0 Å². The minimum absolute atomic E-state index is 0.0612. The molecule has 1 aromatic carbocycles. The summed E-state index contributed by atoms with van der Waals surface area (Å²) in [5, 5.41) is 2.66. The van der Waals surface area contributed by atoms with Crippen molar-refractivity contribution in [2.45, 2.75) is 53.0 Å². The van der Waals surface area contributed by atoms with Crippen molar-refractivity contribution in [2.24, 2.45) is 10.9 Å². The van der Waals surface area contributed by atoms with Crippen molar-refractivity contribution in [2.75, 3.05) is 26.3 Å². The molecule has 4 rings (SSSR count). The third-order valence-electron chi connectivity index (χ3n) is 7.01. The standard InChI is InChI=1S/C29H35N3O5S/c1-6-13-37-28(35)25-20(5)30-29-32(26(25)23-14-18(3)10-11-19(23)4)22(17-38-29)15-24(33)31-12-8-9-21(16-31)27(34)36-7-2/h6,10-11,14,17,21,26H,1,7-9,12-13,15-16H2,2-5H3/t21-,26-/m1/s1. The first-order valence-corrected chi connectivity index (χ1v) is 13.9. The molecule has 0 aromatic heterocycles. The van der Waals surface area contributed by atoms with Gasteiger partial charge >= 0.3 is 11.9 Å². The van der Waals surface area contributed by atoms with E-state index >= 15 is 0 Å². The SMILES string of the molecule is C=CCOC(=O)C1=C(C)N=C2SC=C(CC(=O)N3CCC[C@@H](C(=O)OCC)C3)N2[C@@H]1c1cc(C)ccc1C. The van der Waals surface area contributed by atoms with Crippen LogP contribution in [0.4, 0.5) is 0 Å². The van der Waals surface area contributed by atoms with Crippen molar-refractivity contribution in [3.8, 4) is 0 Å². The fourth-order valence-corrected chi connectivity index (χ4v) is 6.08. The molecule has 3 aliphatic heterocycles. The molecule has 38 heavy (non-hydrogen) atoms.